The third-order valence-electron chi connectivity index (χ3n) is 2.82. The highest BCUT2D eigenvalue weighted by atomic mass is 35.5. The predicted molar refractivity (Wildman–Crippen MR) is 62.2 cm³/mol. The van der Waals surface area contributed by atoms with Crippen molar-refractivity contribution in [1.29, 1.82) is 0 Å². The number of allylic oxidation sites excluding steroid dienone is 1. The van der Waals surface area contributed by atoms with Gasteiger partial charge in [-0.15, -0.1) is 6.58 Å². The Kier molecular flexibility index (Phi) is 3.21. The van der Waals surface area contributed by atoms with Crippen LogP contribution in [0.5, 0.6) is 0 Å². The van der Waals surface area contributed by atoms with Gasteiger partial charge in [0.1, 0.15) is 11.3 Å². The van der Waals surface area contributed by atoms with E-state index in [2.05, 4.69) is 21.4 Å². The van der Waals surface area contributed by atoms with Gasteiger partial charge in [-0.1, -0.05) is 17.7 Å². The molecule has 0 radical (unpaired) electrons. The molecule has 1 aromatic rings. The molecule has 15 heavy (non-hydrogen) atoms. The molecular formula is C11H14ClN3. The molecule has 1 aromatic heterocycles. The van der Waals surface area contributed by atoms with Gasteiger partial charge in [0.15, 0.2) is 5.82 Å². The summed E-state index contributed by atoms with van der Waals surface area (Å²) in [5.74, 6) is 1.50. The zero-order chi connectivity index (χ0) is 10.7. The Balaban J connectivity index is 2.07. The summed E-state index contributed by atoms with van der Waals surface area (Å²) >= 11 is 6.04. The highest BCUT2D eigenvalue weighted by Gasteiger charge is 2.19. The molecule has 0 aliphatic carbocycles. The van der Waals surface area contributed by atoms with E-state index in [-0.39, 0.29) is 0 Å². The van der Waals surface area contributed by atoms with Crippen molar-refractivity contribution in [1.82, 2.24) is 9.97 Å². The van der Waals surface area contributed by atoms with E-state index in [0.717, 1.165) is 31.7 Å². The lowest BCUT2D eigenvalue weighted by molar-refractivity contribution is 0.477. The lowest BCUT2D eigenvalue weighted by atomic mass is 9.97. The van der Waals surface area contributed by atoms with Crippen molar-refractivity contribution in [3.05, 3.63) is 30.2 Å². The van der Waals surface area contributed by atoms with Gasteiger partial charge in [-0.2, -0.15) is 0 Å². The Hall–Kier alpha value is -1.09. The maximum atomic E-state index is 6.04. The first kappa shape index (κ1) is 10.4. The standard InChI is InChI=1S/C11H14ClN3/c1-2-9-3-5-15(6-4-9)11-10(12)7-13-8-14-11/h2,7-9H,1,3-6H2. The van der Waals surface area contributed by atoms with Crippen LogP contribution in [0, 0.1) is 5.92 Å². The second-order valence-corrected chi connectivity index (χ2v) is 4.16. The average Bonchev–Trinajstić information content (AvgIpc) is 2.30. The Bertz CT molecular complexity index is 345. The van der Waals surface area contributed by atoms with Gasteiger partial charge in [0, 0.05) is 13.1 Å². The van der Waals surface area contributed by atoms with Crippen LogP contribution in [0.4, 0.5) is 5.82 Å². The molecule has 0 N–H and O–H groups in total. The van der Waals surface area contributed by atoms with Gasteiger partial charge in [0.05, 0.1) is 6.20 Å². The topological polar surface area (TPSA) is 29.0 Å². The number of hydrogen-bond donors (Lipinski definition) is 0. The minimum absolute atomic E-state index is 0.634. The Labute approximate surface area is 94.8 Å². The second-order valence-electron chi connectivity index (χ2n) is 3.75. The minimum Gasteiger partial charge on any atom is -0.355 e. The largest absolute Gasteiger partial charge is 0.355 e. The number of rotatable bonds is 2. The smallest absolute Gasteiger partial charge is 0.150 e. The van der Waals surface area contributed by atoms with Gasteiger partial charge < -0.3 is 4.90 Å². The quantitative estimate of drug-likeness (QED) is 0.722. The molecular weight excluding hydrogens is 210 g/mol. The number of halogens is 1. The molecule has 0 atom stereocenters. The maximum Gasteiger partial charge on any atom is 0.150 e. The van der Waals surface area contributed by atoms with Crippen molar-refractivity contribution >= 4 is 17.4 Å². The number of piperidine rings is 1. The van der Waals surface area contributed by atoms with E-state index < -0.39 is 0 Å². The average molecular weight is 224 g/mol. The van der Waals surface area contributed by atoms with Crippen LogP contribution in [-0.4, -0.2) is 23.1 Å². The van der Waals surface area contributed by atoms with E-state index in [1.54, 1.807) is 12.5 Å². The van der Waals surface area contributed by atoms with E-state index in [9.17, 15) is 0 Å². The van der Waals surface area contributed by atoms with E-state index in [0.29, 0.717) is 10.9 Å². The van der Waals surface area contributed by atoms with Crippen molar-refractivity contribution in [2.75, 3.05) is 18.0 Å². The van der Waals surface area contributed by atoms with Crippen molar-refractivity contribution in [3.63, 3.8) is 0 Å². The van der Waals surface area contributed by atoms with Gasteiger partial charge in [-0.05, 0) is 18.8 Å². The van der Waals surface area contributed by atoms with Crippen LogP contribution in [0.2, 0.25) is 5.02 Å². The zero-order valence-corrected chi connectivity index (χ0v) is 9.32. The summed E-state index contributed by atoms with van der Waals surface area (Å²) in [6.07, 6.45) is 7.48. The van der Waals surface area contributed by atoms with E-state index in [4.69, 9.17) is 11.6 Å². The third kappa shape index (κ3) is 2.29. The minimum atomic E-state index is 0.634. The first-order valence-corrected chi connectivity index (χ1v) is 5.52. The van der Waals surface area contributed by atoms with Crippen LogP contribution in [0.3, 0.4) is 0 Å². The van der Waals surface area contributed by atoms with E-state index >= 15 is 0 Å². The Morgan fingerprint density at radius 1 is 1.47 bits per heavy atom. The molecule has 1 fully saturated rings. The molecule has 0 aromatic carbocycles. The normalized spacial score (nSPS) is 17.8. The molecule has 1 aliphatic heterocycles. The fourth-order valence-electron chi connectivity index (χ4n) is 1.89. The monoisotopic (exact) mass is 223 g/mol. The highest BCUT2D eigenvalue weighted by Crippen LogP contribution is 2.26. The SMILES string of the molecule is C=CC1CCN(c2ncncc2Cl)CC1. The van der Waals surface area contributed by atoms with Crippen LogP contribution in [0.1, 0.15) is 12.8 Å². The van der Waals surface area contributed by atoms with Crippen LogP contribution in [0.15, 0.2) is 25.2 Å². The van der Waals surface area contributed by atoms with Crippen molar-refractivity contribution < 1.29 is 0 Å². The maximum absolute atomic E-state index is 6.04. The molecule has 0 spiro atoms. The number of aromatic nitrogens is 2. The van der Waals surface area contributed by atoms with Gasteiger partial charge in [0.2, 0.25) is 0 Å². The first-order chi connectivity index (χ1) is 7.31. The summed E-state index contributed by atoms with van der Waals surface area (Å²) in [6.45, 7) is 5.82. The van der Waals surface area contributed by atoms with Crippen molar-refractivity contribution in [2.24, 2.45) is 5.92 Å². The molecule has 4 heteroatoms. The molecule has 1 aliphatic rings. The molecule has 0 amide bonds. The molecule has 3 nitrogen and oxygen atoms in total. The summed E-state index contributed by atoms with van der Waals surface area (Å²) < 4.78 is 0. The molecule has 2 rings (SSSR count). The summed E-state index contributed by atoms with van der Waals surface area (Å²) in [5.41, 5.74) is 0. The zero-order valence-electron chi connectivity index (χ0n) is 8.56. The Morgan fingerprint density at radius 2 is 2.20 bits per heavy atom. The van der Waals surface area contributed by atoms with Gasteiger partial charge in [-0.3, -0.25) is 0 Å². The number of hydrogen-bond acceptors (Lipinski definition) is 3. The summed E-state index contributed by atoms with van der Waals surface area (Å²) in [6, 6.07) is 0. The van der Waals surface area contributed by atoms with E-state index in [1.807, 2.05) is 6.08 Å². The molecule has 1 saturated heterocycles. The van der Waals surface area contributed by atoms with Gasteiger partial charge in [0.25, 0.3) is 0 Å². The van der Waals surface area contributed by atoms with Crippen molar-refractivity contribution in [3.8, 4) is 0 Å². The van der Waals surface area contributed by atoms with Crippen LogP contribution in [0.25, 0.3) is 0 Å². The van der Waals surface area contributed by atoms with Gasteiger partial charge in [-0.25, -0.2) is 9.97 Å². The van der Waals surface area contributed by atoms with Crippen LogP contribution >= 0.6 is 11.6 Å². The number of anilines is 1. The summed E-state index contributed by atoms with van der Waals surface area (Å²) in [5, 5.41) is 0.634. The summed E-state index contributed by atoms with van der Waals surface area (Å²) in [7, 11) is 0. The number of nitrogens with zero attached hydrogens (tertiary/aromatic N) is 3. The third-order valence-corrected chi connectivity index (χ3v) is 3.09. The van der Waals surface area contributed by atoms with Crippen LogP contribution < -0.4 is 4.90 Å². The van der Waals surface area contributed by atoms with E-state index in [1.165, 1.54) is 0 Å². The predicted octanol–water partition coefficient (Wildman–Crippen LogP) is 2.53. The fraction of sp³-hybridized carbons (Fsp3) is 0.455. The van der Waals surface area contributed by atoms with Crippen LogP contribution in [-0.2, 0) is 0 Å². The first-order valence-electron chi connectivity index (χ1n) is 5.14. The lowest BCUT2D eigenvalue weighted by Crippen LogP contribution is -2.33. The molecule has 0 saturated carbocycles. The highest BCUT2D eigenvalue weighted by molar-refractivity contribution is 6.32. The van der Waals surface area contributed by atoms with Gasteiger partial charge >= 0.3 is 0 Å². The molecule has 0 bridgehead atoms. The molecule has 0 unspecified atom stereocenters. The lowest BCUT2D eigenvalue weighted by Gasteiger charge is -2.31. The molecule has 2 heterocycles. The molecule has 80 valence electrons. The fourth-order valence-corrected chi connectivity index (χ4v) is 2.11. The summed E-state index contributed by atoms with van der Waals surface area (Å²) in [4.78, 5) is 10.3. The van der Waals surface area contributed by atoms with Crippen molar-refractivity contribution in [2.45, 2.75) is 12.8 Å². The Morgan fingerprint density at radius 3 is 2.80 bits per heavy atom. The second kappa shape index (κ2) is 4.62.